The van der Waals surface area contributed by atoms with Crippen LogP contribution in [0, 0.1) is 6.92 Å². The second-order valence-corrected chi connectivity index (χ2v) is 6.82. The summed E-state index contributed by atoms with van der Waals surface area (Å²) in [6.07, 6.45) is 0.950. The fourth-order valence-corrected chi connectivity index (χ4v) is 3.48. The van der Waals surface area contributed by atoms with E-state index in [1.807, 2.05) is 36.6 Å². The standard InChI is InChI=1S/C18H23N3O2S/c1-14-15(5-6-16(20-14)17-4-2-13-24-17)18(22)19-7-3-8-21-9-11-23-12-10-21/h2,4-6,13H,3,7-12H2,1H3,(H,19,22). The number of pyridine rings is 1. The molecule has 1 amide bonds. The Balaban J connectivity index is 1.49. The van der Waals surface area contributed by atoms with E-state index in [1.165, 1.54) is 0 Å². The minimum absolute atomic E-state index is 0.0419. The van der Waals surface area contributed by atoms with Gasteiger partial charge in [0.1, 0.15) is 0 Å². The molecule has 3 rings (SSSR count). The molecule has 2 aromatic heterocycles. The third-order valence-corrected chi connectivity index (χ3v) is 5.04. The van der Waals surface area contributed by atoms with Gasteiger partial charge in [-0.15, -0.1) is 11.3 Å². The van der Waals surface area contributed by atoms with Crippen LogP contribution in [0.1, 0.15) is 22.5 Å². The Hall–Kier alpha value is -1.76. The van der Waals surface area contributed by atoms with Crippen LogP contribution in [0.25, 0.3) is 10.6 Å². The van der Waals surface area contributed by atoms with Crippen molar-refractivity contribution in [2.75, 3.05) is 39.4 Å². The van der Waals surface area contributed by atoms with Crippen LogP contribution in [0.3, 0.4) is 0 Å². The molecule has 128 valence electrons. The number of carbonyl (C=O) groups is 1. The number of hydrogen-bond donors (Lipinski definition) is 1. The molecule has 1 saturated heterocycles. The first-order valence-electron chi connectivity index (χ1n) is 8.34. The molecular formula is C18H23N3O2S. The van der Waals surface area contributed by atoms with Gasteiger partial charge >= 0.3 is 0 Å². The summed E-state index contributed by atoms with van der Waals surface area (Å²) in [5, 5.41) is 5.03. The van der Waals surface area contributed by atoms with E-state index in [9.17, 15) is 4.79 Å². The summed E-state index contributed by atoms with van der Waals surface area (Å²) in [6, 6.07) is 7.83. The predicted octanol–water partition coefficient (Wildman–Crippen LogP) is 2.57. The number of aromatic nitrogens is 1. The molecule has 3 heterocycles. The van der Waals surface area contributed by atoms with Crippen molar-refractivity contribution in [1.29, 1.82) is 0 Å². The topological polar surface area (TPSA) is 54.5 Å². The van der Waals surface area contributed by atoms with Gasteiger partial charge in [0, 0.05) is 19.6 Å². The van der Waals surface area contributed by atoms with Gasteiger partial charge < -0.3 is 10.1 Å². The highest BCUT2D eigenvalue weighted by atomic mass is 32.1. The average molecular weight is 345 g/mol. The van der Waals surface area contributed by atoms with Crippen LogP contribution in [-0.4, -0.2) is 55.2 Å². The zero-order chi connectivity index (χ0) is 16.8. The van der Waals surface area contributed by atoms with Crippen molar-refractivity contribution in [3.63, 3.8) is 0 Å². The van der Waals surface area contributed by atoms with Crippen LogP contribution in [0.4, 0.5) is 0 Å². The summed E-state index contributed by atoms with van der Waals surface area (Å²) in [4.78, 5) is 20.4. The quantitative estimate of drug-likeness (QED) is 0.818. The Morgan fingerprint density at radius 2 is 2.17 bits per heavy atom. The number of amides is 1. The Kier molecular flexibility index (Phi) is 5.96. The van der Waals surface area contributed by atoms with Gasteiger partial charge in [-0.05, 0) is 43.5 Å². The Morgan fingerprint density at radius 1 is 1.33 bits per heavy atom. The number of carbonyl (C=O) groups excluding carboxylic acids is 1. The highest BCUT2D eigenvalue weighted by Crippen LogP contribution is 2.23. The van der Waals surface area contributed by atoms with Crippen molar-refractivity contribution in [2.24, 2.45) is 0 Å². The summed E-state index contributed by atoms with van der Waals surface area (Å²) in [6.45, 7) is 7.17. The molecule has 0 atom stereocenters. The van der Waals surface area contributed by atoms with Crippen molar-refractivity contribution < 1.29 is 9.53 Å². The Bertz CT molecular complexity index is 667. The fourth-order valence-electron chi connectivity index (χ4n) is 2.79. The lowest BCUT2D eigenvalue weighted by atomic mass is 10.1. The second kappa shape index (κ2) is 8.37. The van der Waals surface area contributed by atoms with E-state index in [-0.39, 0.29) is 5.91 Å². The van der Waals surface area contributed by atoms with Crippen molar-refractivity contribution in [3.05, 3.63) is 40.9 Å². The molecular weight excluding hydrogens is 322 g/mol. The molecule has 0 aromatic carbocycles. The largest absolute Gasteiger partial charge is 0.379 e. The summed E-state index contributed by atoms with van der Waals surface area (Å²) >= 11 is 1.65. The molecule has 1 aliphatic rings. The second-order valence-electron chi connectivity index (χ2n) is 5.87. The van der Waals surface area contributed by atoms with Crippen LogP contribution in [0.15, 0.2) is 29.6 Å². The maximum absolute atomic E-state index is 12.3. The van der Waals surface area contributed by atoms with Gasteiger partial charge in [0.2, 0.25) is 0 Å². The summed E-state index contributed by atoms with van der Waals surface area (Å²) in [5.41, 5.74) is 2.35. The van der Waals surface area contributed by atoms with E-state index in [1.54, 1.807) is 11.3 Å². The number of hydrogen-bond acceptors (Lipinski definition) is 5. The van der Waals surface area contributed by atoms with E-state index in [0.29, 0.717) is 12.1 Å². The van der Waals surface area contributed by atoms with Crippen molar-refractivity contribution in [3.8, 4) is 10.6 Å². The lowest BCUT2D eigenvalue weighted by Gasteiger charge is -2.26. The number of ether oxygens (including phenoxy) is 1. The molecule has 24 heavy (non-hydrogen) atoms. The molecule has 5 nitrogen and oxygen atoms in total. The SMILES string of the molecule is Cc1nc(-c2cccs2)ccc1C(=O)NCCCN1CCOCC1. The molecule has 1 aliphatic heterocycles. The van der Waals surface area contributed by atoms with Gasteiger partial charge in [-0.3, -0.25) is 14.7 Å². The average Bonchev–Trinajstić information content (AvgIpc) is 3.14. The van der Waals surface area contributed by atoms with Crippen LogP contribution < -0.4 is 5.32 Å². The monoisotopic (exact) mass is 345 g/mol. The number of nitrogens with one attached hydrogen (secondary N) is 1. The van der Waals surface area contributed by atoms with Crippen molar-refractivity contribution >= 4 is 17.2 Å². The first-order chi connectivity index (χ1) is 11.7. The van der Waals surface area contributed by atoms with Gasteiger partial charge in [0.15, 0.2) is 0 Å². The van der Waals surface area contributed by atoms with E-state index in [2.05, 4.69) is 15.2 Å². The third kappa shape index (κ3) is 4.41. The van der Waals surface area contributed by atoms with Crippen LogP contribution in [0.2, 0.25) is 0 Å². The first-order valence-corrected chi connectivity index (χ1v) is 9.22. The lowest BCUT2D eigenvalue weighted by molar-refractivity contribution is 0.0374. The summed E-state index contributed by atoms with van der Waals surface area (Å²) in [5.74, 6) is -0.0419. The summed E-state index contributed by atoms with van der Waals surface area (Å²) in [7, 11) is 0. The molecule has 0 saturated carbocycles. The zero-order valence-electron chi connectivity index (χ0n) is 14.0. The molecule has 0 aliphatic carbocycles. The molecule has 6 heteroatoms. The van der Waals surface area contributed by atoms with E-state index in [0.717, 1.165) is 55.5 Å². The number of morpholine rings is 1. The molecule has 0 unspecified atom stereocenters. The van der Waals surface area contributed by atoms with Crippen LogP contribution in [-0.2, 0) is 4.74 Å². The number of aryl methyl sites for hydroxylation is 1. The van der Waals surface area contributed by atoms with E-state index in [4.69, 9.17) is 4.74 Å². The van der Waals surface area contributed by atoms with Gasteiger partial charge in [0.25, 0.3) is 5.91 Å². The molecule has 1 fully saturated rings. The molecule has 0 radical (unpaired) electrons. The lowest BCUT2D eigenvalue weighted by Crippen LogP contribution is -2.38. The third-order valence-electron chi connectivity index (χ3n) is 4.14. The van der Waals surface area contributed by atoms with E-state index < -0.39 is 0 Å². The molecule has 0 bridgehead atoms. The highest BCUT2D eigenvalue weighted by molar-refractivity contribution is 7.13. The summed E-state index contributed by atoms with van der Waals surface area (Å²) < 4.78 is 5.33. The van der Waals surface area contributed by atoms with Crippen molar-refractivity contribution in [2.45, 2.75) is 13.3 Å². The maximum atomic E-state index is 12.3. The van der Waals surface area contributed by atoms with Crippen LogP contribution in [0.5, 0.6) is 0 Å². The maximum Gasteiger partial charge on any atom is 0.253 e. The Labute approximate surface area is 146 Å². The fraction of sp³-hybridized carbons (Fsp3) is 0.444. The van der Waals surface area contributed by atoms with Gasteiger partial charge in [-0.25, -0.2) is 0 Å². The van der Waals surface area contributed by atoms with Gasteiger partial charge in [0.05, 0.1) is 35.0 Å². The molecule has 0 spiro atoms. The highest BCUT2D eigenvalue weighted by Gasteiger charge is 2.12. The number of nitrogens with zero attached hydrogens (tertiary/aromatic N) is 2. The smallest absolute Gasteiger partial charge is 0.253 e. The minimum Gasteiger partial charge on any atom is -0.379 e. The first kappa shape index (κ1) is 17.1. The van der Waals surface area contributed by atoms with Crippen molar-refractivity contribution in [1.82, 2.24) is 15.2 Å². The van der Waals surface area contributed by atoms with Crippen LogP contribution >= 0.6 is 11.3 Å². The number of thiophene rings is 1. The minimum atomic E-state index is -0.0419. The Morgan fingerprint density at radius 3 is 2.88 bits per heavy atom. The molecule has 1 N–H and O–H groups in total. The van der Waals surface area contributed by atoms with E-state index >= 15 is 0 Å². The normalized spacial score (nSPS) is 15.4. The number of rotatable bonds is 6. The predicted molar refractivity (Wildman–Crippen MR) is 96.5 cm³/mol. The van der Waals surface area contributed by atoms with Gasteiger partial charge in [-0.2, -0.15) is 0 Å². The zero-order valence-corrected chi connectivity index (χ0v) is 14.8. The molecule has 2 aromatic rings. The van der Waals surface area contributed by atoms with Gasteiger partial charge in [-0.1, -0.05) is 6.07 Å².